The van der Waals surface area contributed by atoms with Gasteiger partial charge in [0.1, 0.15) is 17.2 Å². The summed E-state index contributed by atoms with van der Waals surface area (Å²) in [6.45, 7) is 0.306. The van der Waals surface area contributed by atoms with Gasteiger partial charge in [0.25, 0.3) is 5.56 Å². The van der Waals surface area contributed by atoms with Crippen molar-refractivity contribution < 1.29 is 9.50 Å². The number of rotatable bonds is 3. The third-order valence-corrected chi connectivity index (χ3v) is 2.44. The highest BCUT2D eigenvalue weighted by Gasteiger charge is 2.15. The minimum atomic E-state index is -0.582. The Kier molecular flexibility index (Phi) is 3.38. The maximum Gasteiger partial charge on any atom is 0.262 e. The van der Waals surface area contributed by atoms with Crippen LogP contribution in [-0.4, -0.2) is 22.1 Å². The first-order valence-corrected chi connectivity index (χ1v) is 5.35. The molecule has 3 N–H and O–H groups in total. The standard InChI is InChI=1S/C12H12FN3O2/c1-14-6-9-15-11(17)10(12(18)16-9)7-4-2-3-5-8(7)13/h2-5,14H,6H2,1H3,(H2,15,16,17,18). The van der Waals surface area contributed by atoms with Crippen molar-refractivity contribution in [1.29, 1.82) is 0 Å². The van der Waals surface area contributed by atoms with Crippen LogP contribution in [0.25, 0.3) is 11.1 Å². The molecule has 0 saturated carbocycles. The van der Waals surface area contributed by atoms with Gasteiger partial charge in [-0.3, -0.25) is 4.79 Å². The molecule has 0 amide bonds. The second-order valence-electron chi connectivity index (χ2n) is 3.72. The van der Waals surface area contributed by atoms with E-state index in [2.05, 4.69) is 15.3 Å². The normalized spacial score (nSPS) is 10.6. The summed E-state index contributed by atoms with van der Waals surface area (Å²) in [7, 11) is 1.68. The smallest absolute Gasteiger partial charge is 0.262 e. The summed E-state index contributed by atoms with van der Waals surface area (Å²) < 4.78 is 13.6. The molecule has 5 nitrogen and oxygen atoms in total. The molecular weight excluding hydrogens is 237 g/mol. The highest BCUT2D eigenvalue weighted by Crippen LogP contribution is 2.25. The Morgan fingerprint density at radius 3 is 2.78 bits per heavy atom. The molecule has 0 atom stereocenters. The lowest BCUT2D eigenvalue weighted by molar-refractivity contribution is 0.448. The molecule has 1 aromatic carbocycles. The number of aromatic nitrogens is 2. The fraction of sp³-hybridized carbons (Fsp3) is 0.167. The van der Waals surface area contributed by atoms with Crippen LogP contribution in [0.3, 0.4) is 0 Å². The number of nitrogens with zero attached hydrogens (tertiary/aromatic N) is 1. The second kappa shape index (κ2) is 4.97. The minimum Gasteiger partial charge on any atom is -0.493 e. The molecule has 0 saturated heterocycles. The van der Waals surface area contributed by atoms with Gasteiger partial charge >= 0.3 is 0 Å². The van der Waals surface area contributed by atoms with Gasteiger partial charge in [-0.1, -0.05) is 18.2 Å². The zero-order chi connectivity index (χ0) is 13.1. The van der Waals surface area contributed by atoms with Crippen LogP contribution in [0, 0.1) is 5.82 Å². The topological polar surface area (TPSA) is 78.0 Å². The number of benzene rings is 1. The van der Waals surface area contributed by atoms with E-state index in [4.69, 9.17) is 0 Å². The van der Waals surface area contributed by atoms with Crippen LogP contribution in [0.4, 0.5) is 4.39 Å². The molecule has 2 aromatic rings. The zero-order valence-corrected chi connectivity index (χ0v) is 9.70. The molecule has 6 heteroatoms. The maximum absolute atomic E-state index is 13.6. The molecule has 18 heavy (non-hydrogen) atoms. The van der Waals surface area contributed by atoms with E-state index < -0.39 is 17.3 Å². The minimum absolute atomic E-state index is 0.0276. The van der Waals surface area contributed by atoms with Crippen LogP contribution < -0.4 is 10.9 Å². The summed E-state index contributed by atoms with van der Waals surface area (Å²) in [4.78, 5) is 18.1. The van der Waals surface area contributed by atoms with Gasteiger partial charge in [0.15, 0.2) is 0 Å². The van der Waals surface area contributed by atoms with Crippen LogP contribution in [0.1, 0.15) is 5.82 Å². The SMILES string of the molecule is CNCc1nc(O)c(-c2ccccc2F)c(=O)[nH]1. The molecule has 0 unspecified atom stereocenters. The average Bonchev–Trinajstić information content (AvgIpc) is 2.31. The zero-order valence-electron chi connectivity index (χ0n) is 9.70. The Balaban J connectivity index is 2.60. The molecule has 0 aliphatic carbocycles. The number of H-pyrrole nitrogens is 1. The van der Waals surface area contributed by atoms with Crippen molar-refractivity contribution in [3.63, 3.8) is 0 Å². The molecule has 0 bridgehead atoms. The Labute approximate surface area is 102 Å². The molecule has 0 spiro atoms. The van der Waals surface area contributed by atoms with Gasteiger partial charge in [-0.2, -0.15) is 4.98 Å². The van der Waals surface area contributed by atoms with Crippen molar-refractivity contribution in [3.05, 3.63) is 46.3 Å². The van der Waals surface area contributed by atoms with Gasteiger partial charge in [-0.05, 0) is 13.1 Å². The first kappa shape index (κ1) is 12.3. The fourth-order valence-electron chi connectivity index (χ4n) is 1.66. The quantitative estimate of drug-likeness (QED) is 0.758. The van der Waals surface area contributed by atoms with Crippen molar-refractivity contribution in [2.75, 3.05) is 7.05 Å². The van der Waals surface area contributed by atoms with Crippen molar-refractivity contribution in [2.24, 2.45) is 0 Å². The highest BCUT2D eigenvalue weighted by atomic mass is 19.1. The number of hydrogen-bond acceptors (Lipinski definition) is 4. The first-order chi connectivity index (χ1) is 8.63. The van der Waals surface area contributed by atoms with E-state index in [9.17, 15) is 14.3 Å². The lowest BCUT2D eigenvalue weighted by Gasteiger charge is -2.06. The molecular formula is C12H12FN3O2. The number of halogens is 1. The highest BCUT2D eigenvalue weighted by molar-refractivity contribution is 5.67. The Morgan fingerprint density at radius 1 is 1.44 bits per heavy atom. The van der Waals surface area contributed by atoms with Gasteiger partial charge in [0.05, 0.1) is 6.54 Å². The summed E-state index contributed by atoms with van der Waals surface area (Å²) >= 11 is 0. The van der Waals surface area contributed by atoms with Gasteiger partial charge in [-0.25, -0.2) is 4.39 Å². The van der Waals surface area contributed by atoms with Crippen LogP contribution in [0.15, 0.2) is 29.1 Å². The second-order valence-corrected chi connectivity index (χ2v) is 3.72. The van der Waals surface area contributed by atoms with E-state index in [0.717, 1.165) is 0 Å². The van der Waals surface area contributed by atoms with Crippen LogP contribution in [0.2, 0.25) is 0 Å². The predicted molar refractivity (Wildman–Crippen MR) is 64.7 cm³/mol. The molecule has 0 radical (unpaired) electrons. The van der Waals surface area contributed by atoms with E-state index in [1.54, 1.807) is 13.1 Å². The third-order valence-electron chi connectivity index (χ3n) is 2.44. The average molecular weight is 249 g/mol. The molecule has 0 fully saturated rings. The fourth-order valence-corrected chi connectivity index (χ4v) is 1.66. The van der Waals surface area contributed by atoms with Gasteiger partial charge < -0.3 is 15.4 Å². The molecule has 0 aliphatic rings. The molecule has 1 aromatic heterocycles. The van der Waals surface area contributed by atoms with Gasteiger partial charge in [0.2, 0.25) is 5.88 Å². The van der Waals surface area contributed by atoms with Crippen molar-refractivity contribution in [1.82, 2.24) is 15.3 Å². The summed E-state index contributed by atoms with van der Waals surface area (Å²) in [5, 5.41) is 12.5. The van der Waals surface area contributed by atoms with Crippen molar-refractivity contribution >= 4 is 0 Å². The summed E-state index contributed by atoms with van der Waals surface area (Å²) in [5.74, 6) is -0.768. The third kappa shape index (κ3) is 2.23. The molecule has 94 valence electrons. The van der Waals surface area contributed by atoms with Crippen molar-refractivity contribution in [3.8, 4) is 17.0 Å². The van der Waals surface area contributed by atoms with E-state index in [1.165, 1.54) is 18.2 Å². The number of aromatic hydroxyl groups is 1. The van der Waals surface area contributed by atoms with Gasteiger partial charge in [-0.15, -0.1) is 0 Å². The van der Waals surface area contributed by atoms with Crippen LogP contribution >= 0.6 is 0 Å². The number of hydrogen-bond donors (Lipinski definition) is 3. The maximum atomic E-state index is 13.6. The Morgan fingerprint density at radius 2 is 2.17 bits per heavy atom. The Bertz CT molecular complexity index is 625. The molecule has 0 aliphatic heterocycles. The van der Waals surface area contributed by atoms with E-state index in [0.29, 0.717) is 12.4 Å². The Hall–Kier alpha value is -2.21. The van der Waals surface area contributed by atoms with E-state index in [1.807, 2.05) is 0 Å². The number of nitrogens with one attached hydrogen (secondary N) is 2. The lowest BCUT2D eigenvalue weighted by Crippen LogP contribution is -2.18. The molecule has 2 rings (SSSR count). The molecule has 1 heterocycles. The summed E-state index contributed by atoms with van der Waals surface area (Å²) in [5.41, 5.74) is -0.703. The van der Waals surface area contributed by atoms with Gasteiger partial charge in [0, 0.05) is 5.56 Å². The van der Waals surface area contributed by atoms with Crippen molar-refractivity contribution in [2.45, 2.75) is 6.54 Å². The predicted octanol–water partition coefficient (Wildman–Crippen LogP) is 1.00. The summed E-state index contributed by atoms with van der Waals surface area (Å²) in [6.07, 6.45) is 0. The van der Waals surface area contributed by atoms with E-state index in [-0.39, 0.29) is 11.1 Å². The van der Waals surface area contributed by atoms with Crippen LogP contribution in [-0.2, 0) is 6.54 Å². The number of aromatic amines is 1. The monoisotopic (exact) mass is 249 g/mol. The summed E-state index contributed by atoms with van der Waals surface area (Å²) in [6, 6.07) is 5.72. The lowest BCUT2D eigenvalue weighted by atomic mass is 10.1. The van der Waals surface area contributed by atoms with Crippen LogP contribution in [0.5, 0.6) is 5.88 Å². The first-order valence-electron chi connectivity index (χ1n) is 5.35. The van der Waals surface area contributed by atoms with E-state index >= 15 is 0 Å². The largest absolute Gasteiger partial charge is 0.493 e.